The molecule has 2 aliphatic rings. The third-order valence-electron chi connectivity index (χ3n) is 5.54. The molecule has 6 nitrogen and oxygen atoms in total. The number of rotatable bonds is 6. The van der Waals surface area contributed by atoms with E-state index >= 15 is 0 Å². The number of nitrogens with zero attached hydrogens (tertiary/aromatic N) is 1. The third-order valence-corrected chi connectivity index (χ3v) is 5.54. The summed E-state index contributed by atoms with van der Waals surface area (Å²) < 4.78 is 5.82. The molecule has 0 atom stereocenters. The van der Waals surface area contributed by atoms with Crippen LogP contribution in [-0.2, 0) is 4.79 Å². The summed E-state index contributed by atoms with van der Waals surface area (Å²) in [6, 6.07) is 9.86. The standard InChI is InChI=1S/C21H31N3O3/c25-20(15-22-21(26)23-18-7-3-1-4-8-18)24-13-11-17(12-14-24)16-27-19-9-5-2-6-10-19/h2,5-6,9-10,17-18H,1,3-4,7-8,11-16H2,(H2,22,23,26). The fraction of sp³-hybridized carbons (Fsp3) is 0.619. The van der Waals surface area contributed by atoms with E-state index in [1.807, 2.05) is 35.2 Å². The minimum absolute atomic E-state index is 0.00350. The summed E-state index contributed by atoms with van der Waals surface area (Å²) >= 11 is 0. The predicted molar refractivity (Wildman–Crippen MR) is 105 cm³/mol. The van der Waals surface area contributed by atoms with Gasteiger partial charge in [-0.3, -0.25) is 4.79 Å². The zero-order valence-electron chi connectivity index (χ0n) is 16.0. The Morgan fingerprint density at radius 1 is 1.00 bits per heavy atom. The van der Waals surface area contributed by atoms with Crippen molar-refractivity contribution in [1.29, 1.82) is 0 Å². The van der Waals surface area contributed by atoms with E-state index < -0.39 is 0 Å². The molecule has 1 saturated carbocycles. The van der Waals surface area contributed by atoms with E-state index in [1.165, 1.54) is 19.3 Å². The maximum atomic E-state index is 12.3. The average Bonchev–Trinajstić information content (AvgIpc) is 2.72. The highest BCUT2D eigenvalue weighted by atomic mass is 16.5. The highest BCUT2D eigenvalue weighted by Crippen LogP contribution is 2.19. The van der Waals surface area contributed by atoms with E-state index in [-0.39, 0.29) is 24.5 Å². The molecule has 6 heteroatoms. The number of hydrogen-bond donors (Lipinski definition) is 2. The Morgan fingerprint density at radius 2 is 1.70 bits per heavy atom. The highest BCUT2D eigenvalue weighted by Gasteiger charge is 2.23. The molecule has 1 aliphatic carbocycles. The summed E-state index contributed by atoms with van der Waals surface area (Å²) in [6.45, 7) is 2.22. The molecular formula is C21H31N3O3. The van der Waals surface area contributed by atoms with E-state index in [1.54, 1.807) is 0 Å². The summed E-state index contributed by atoms with van der Waals surface area (Å²) in [4.78, 5) is 26.1. The van der Waals surface area contributed by atoms with Gasteiger partial charge in [-0.25, -0.2) is 4.79 Å². The summed E-state index contributed by atoms with van der Waals surface area (Å²) in [5.41, 5.74) is 0. The zero-order valence-corrected chi connectivity index (χ0v) is 16.0. The summed E-state index contributed by atoms with van der Waals surface area (Å²) in [5.74, 6) is 1.36. The molecule has 27 heavy (non-hydrogen) atoms. The molecule has 0 bridgehead atoms. The maximum Gasteiger partial charge on any atom is 0.315 e. The van der Waals surface area contributed by atoms with Crippen LogP contribution in [0.5, 0.6) is 5.75 Å². The number of nitrogens with one attached hydrogen (secondary N) is 2. The number of ether oxygens (including phenoxy) is 1. The Balaban J connectivity index is 1.30. The predicted octanol–water partition coefficient (Wildman–Crippen LogP) is 2.94. The van der Waals surface area contributed by atoms with Gasteiger partial charge < -0.3 is 20.3 Å². The van der Waals surface area contributed by atoms with E-state index in [2.05, 4.69) is 10.6 Å². The molecular weight excluding hydrogens is 342 g/mol. The van der Waals surface area contributed by atoms with Crippen molar-refractivity contribution in [2.24, 2.45) is 5.92 Å². The molecule has 1 heterocycles. The number of hydrogen-bond acceptors (Lipinski definition) is 3. The molecule has 1 aliphatic heterocycles. The lowest BCUT2D eigenvalue weighted by molar-refractivity contribution is -0.131. The van der Waals surface area contributed by atoms with Crippen LogP contribution in [0.3, 0.4) is 0 Å². The number of benzene rings is 1. The second-order valence-corrected chi connectivity index (χ2v) is 7.61. The fourth-order valence-electron chi connectivity index (χ4n) is 3.83. The number of carbonyl (C=O) groups is 2. The van der Waals surface area contributed by atoms with Gasteiger partial charge in [0.25, 0.3) is 0 Å². The van der Waals surface area contributed by atoms with Gasteiger partial charge in [0.15, 0.2) is 0 Å². The summed E-state index contributed by atoms with van der Waals surface area (Å²) in [7, 11) is 0. The Kier molecular flexibility index (Phi) is 7.36. The van der Waals surface area contributed by atoms with Gasteiger partial charge in [-0.05, 0) is 43.7 Å². The normalized spacial score (nSPS) is 18.7. The largest absolute Gasteiger partial charge is 0.493 e. The van der Waals surface area contributed by atoms with Gasteiger partial charge >= 0.3 is 6.03 Å². The summed E-state index contributed by atoms with van der Waals surface area (Å²) in [6.07, 6.45) is 7.56. The number of likely N-dealkylation sites (tertiary alicyclic amines) is 1. The van der Waals surface area contributed by atoms with Gasteiger partial charge in [-0.2, -0.15) is 0 Å². The van der Waals surface area contributed by atoms with Crippen LogP contribution in [0.25, 0.3) is 0 Å². The van der Waals surface area contributed by atoms with Gasteiger partial charge in [-0.1, -0.05) is 37.5 Å². The van der Waals surface area contributed by atoms with Crippen LogP contribution in [0.15, 0.2) is 30.3 Å². The van der Waals surface area contributed by atoms with Crippen molar-refractivity contribution in [3.63, 3.8) is 0 Å². The second-order valence-electron chi connectivity index (χ2n) is 7.61. The van der Waals surface area contributed by atoms with Crippen LogP contribution in [0.1, 0.15) is 44.9 Å². The first-order valence-electron chi connectivity index (χ1n) is 10.2. The lowest BCUT2D eigenvalue weighted by Gasteiger charge is -2.32. The highest BCUT2D eigenvalue weighted by molar-refractivity contribution is 5.84. The number of amides is 3. The molecule has 3 rings (SSSR count). The maximum absolute atomic E-state index is 12.3. The summed E-state index contributed by atoms with van der Waals surface area (Å²) in [5, 5.41) is 5.70. The zero-order chi connectivity index (χ0) is 18.9. The fourth-order valence-corrected chi connectivity index (χ4v) is 3.83. The molecule has 3 amide bonds. The molecule has 1 saturated heterocycles. The van der Waals surface area contributed by atoms with Gasteiger partial charge in [0.05, 0.1) is 13.2 Å². The van der Waals surface area contributed by atoms with Crippen molar-refractivity contribution >= 4 is 11.9 Å². The lowest BCUT2D eigenvalue weighted by atomic mass is 9.96. The first-order chi connectivity index (χ1) is 13.2. The van der Waals surface area contributed by atoms with E-state index in [0.717, 1.165) is 44.5 Å². The van der Waals surface area contributed by atoms with Crippen molar-refractivity contribution in [1.82, 2.24) is 15.5 Å². The molecule has 2 N–H and O–H groups in total. The van der Waals surface area contributed by atoms with Gasteiger partial charge in [0.2, 0.25) is 5.91 Å². The van der Waals surface area contributed by atoms with Crippen LogP contribution >= 0.6 is 0 Å². The minimum atomic E-state index is -0.221. The monoisotopic (exact) mass is 373 g/mol. The van der Waals surface area contributed by atoms with Crippen molar-refractivity contribution < 1.29 is 14.3 Å². The van der Waals surface area contributed by atoms with Gasteiger partial charge in [0.1, 0.15) is 5.75 Å². The SMILES string of the molecule is O=C(NCC(=O)N1CCC(COc2ccccc2)CC1)NC1CCCCC1. The Hall–Kier alpha value is -2.24. The van der Waals surface area contributed by atoms with E-state index in [4.69, 9.17) is 4.74 Å². The molecule has 1 aromatic carbocycles. The van der Waals surface area contributed by atoms with Gasteiger partial charge in [-0.15, -0.1) is 0 Å². The van der Waals surface area contributed by atoms with E-state index in [0.29, 0.717) is 12.5 Å². The molecule has 0 radical (unpaired) electrons. The molecule has 0 spiro atoms. The molecule has 148 valence electrons. The van der Waals surface area contributed by atoms with Crippen LogP contribution in [0, 0.1) is 5.92 Å². The van der Waals surface area contributed by atoms with Crippen molar-refractivity contribution in [2.75, 3.05) is 26.2 Å². The number of piperidine rings is 1. The van der Waals surface area contributed by atoms with Crippen LogP contribution in [0.4, 0.5) is 4.79 Å². The van der Waals surface area contributed by atoms with E-state index in [9.17, 15) is 9.59 Å². The Bertz CT molecular complexity index is 594. The lowest BCUT2D eigenvalue weighted by Crippen LogP contribution is -2.48. The topological polar surface area (TPSA) is 70.7 Å². The third kappa shape index (κ3) is 6.45. The minimum Gasteiger partial charge on any atom is -0.493 e. The smallest absolute Gasteiger partial charge is 0.315 e. The van der Waals surface area contributed by atoms with Crippen LogP contribution in [-0.4, -0.2) is 49.1 Å². The average molecular weight is 373 g/mol. The number of carbonyl (C=O) groups excluding carboxylic acids is 2. The Labute approximate surface area is 161 Å². The molecule has 0 aromatic heterocycles. The van der Waals surface area contributed by atoms with Crippen molar-refractivity contribution in [3.05, 3.63) is 30.3 Å². The van der Waals surface area contributed by atoms with Crippen molar-refractivity contribution in [2.45, 2.75) is 51.0 Å². The first-order valence-corrected chi connectivity index (χ1v) is 10.2. The molecule has 1 aromatic rings. The van der Waals surface area contributed by atoms with Gasteiger partial charge in [0, 0.05) is 19.1 Å². The molecule has 0 unspecified atom stereocenters. The second kappa shape index (κ2) is 10.2. The van der Waals surface area contributed by atoms with Crippen molar-refractivity contribution in [3.8, 4) is 5.75 Å². The molecule has 2 fully saturated rings. The number of urea groups is 1. The van der Waals surface area contributed by atoms with Crippen LogP contribution in [0.2, 0.25) is 0 Å². The van der Waals surface area contributed by atoms with Crippen LogP contribution < -0.4 is 15.4 Å². The Morgan fingerprint density at radius 3 is 2.41 bits per heavy atom. The number of para-hydroxylation sites is 1. The quantitative estimate of drug-likeness (QED) is 0.805. The first kappa shape index (κ1) is 19.5.